The van der Waals surface area contributed by atoms with Crippen LogP contribution in [-0.2, 0) is 35.6 Å². The summed E-state index contributed by atoms with van der Waals surface area (Å²) in [5, 5.41) is 0. The first kappa shape index (κ1) is 30.2. The van der Waals surface area contributed by atoms with E-state index in [4.69, 9.17) is 9.47 Å². The number of aryl methyl sites for hydroxylation is 1. The van der Waals surface area contributed by atoms with Gasteiger partial charge in [-0.25, -0.2) is 18.4 Å². The van der Waals surface area contributed by atoms with Crippen LogP contribution in [0.2, 0.25) is 0 Å². The van der Waals surface area contributed by atoms with Gasteiger partial charge in [0, 0.05) is 18.9 Å². The molecule has 3 rings (SSSR count). The highest BCUT2D eigenvalue weighted by Crippen LogP contribution is 2.25. The maximum absolute atomic E-state index is 13.9. The van der Waals surface area contributed by atoms with E-state index >= 15 is 0 Å². The molecule has 2 aliphatic heterocycles. The molecule has 0 bridgehead atoms. The molecule has 0 N–H and O–H groups in total. The Kier molecular flexibility index (Phi) is 9.50. The number of hydrogen-bond acceptors (Lipinski definition) is 8. The van der Waals surface area contributed by atoms with Crippen LogP contribution < -0.4 is 0 Å². The minimum absolute atomic E-state index is 0.0363. The zero-order chi connectivity index (χ0) is 29.0. The Morgan fingerprint density at radius 2 is 1.69 bits per heavy atom. The molecule has 212 valence electrons. The fourth-order valence-corrected chi connectivity index (χ4v) is 5.70. The lowest BCUT2D eigenvalue weighted by atomic mass is 10.0. The fraction of sp³-hybridized carbons (Fsp3) is 0.500. The number of benzene rings is 1. The Labute approximate surface area is 230 Å². The standard InChI is InChI=1S/C28H38N4O6S/c1-8-37-27(34)25(15-19(2)3)32(18-26(33)38-28(5,6)7)39(35,36)22-11-9-21(10-12-22)16-31-14-13-23-24(17-31)30-20(4)29-23/h9-14,17,19,25H,8,15-16,18H2,1-7H3/t25-/m0/s1. The Balaban J connectivity index is 1.92. The Hall–Kier alpha value is -3.31. The Morgan fingerprint density at radius 3 is 2.28 bits per heavy atom. The first-order valence-electron chi connectivity index (χ1n) is 13.0. The maximum Gasteiger partial charge on any atom is 0.324 e. The zero-order valence-electron chi connectivity index (χ0n) is 23.7. The van der Waals surface area contributed by atoms with Crippen molar-refractivity contribution in [1.29, 1.82) is 0 Å². The van der Waals surface area contributed by atoms with E-state index < -0.39 is 40.1 Å². The number of pyridine rings is 1. The lowest BCUT2D eigenvalue weighted by Gasteiger charge is -2.31. The molecule has 10 nitrogen and oxygen atoms in total. The monoisotopic (exact) mass is 558 g/mol. The molecule has 0 spiro atoms. The van der Waals surface area contributed by atoms with Crippen molar-refractivity contribution in [2.24, 2.45) is 5.92 Å². The van der Waals surface area contributed by atoms with Gasteiger partial charge in [0.2, 0.25) is 10.0 Å². The van der Waals surface area contributed by atoms with Crippen molar-refractivity contribution >= 4 is 22.0 Å². The van der Waals surface area contributed by atoms with Crippen molar-refractivity contribution in [2.75, 3.05) is 13.2 Å². The van der Waals surface area contributed by atoms with Gasteiger partial charge in [-0.3, -0.25) is 9.59 Å². The summed E-state index contributed by atoms with van der Waals surface area (Å²) in [4.78, 5) is 34.4. The lowest BCUT2D eigenvalue weighted by molar-refractivity contribution is -0.157. The van der Waals surface area contributed by atoms with Crippen LogP contribution >= 0.6 is 0 Å². The lowest BCUT2D eigenvalue weighted by Crippen LogP contribution is -2.49. The van der Waals surface area contributed by atoms with Crippen molar-refractivity contribution in [1.82, 2.24) is 18.8 Å². The van der Waals surface area contributed by atoms with E-state index in [-0.39, 0.29) is 23.8 Å². The van der Waals surface area contributed by atoms with E-state index in [2.05, 4.69) is 9.97 Å². The SMILES string of the molecule is CCOC(=O)[C@H](CC(C)C)N(CC(=O)OC(C)(C)C)S(=O)(=O)c1ccc(Cn2ccc3nc(C)nc-3c2)cc1. The van der Waals surface area contributed by atoms with Gasteiger partial charge in [-0.1, -0.05) is 26.0 Å². The molecule has 0 radical (unpaired) electrons. The van der Waals surface area contributed by atoms with Crippen molar-refractivity contribution < 1.29 is 27.5 Å². The molecule has 1 atom stereocenters. The van der Waals surface area contributed by atoms with Gasteiger partial charge in [-0.05, 0) is 70.7 Å². The number of fused-ring (bicyclic) bond motifs is 1. The molecule has 1 aromatic carbocycles. The summed E-state index contributed by atoms with van der Waals surface area (Å²) in [6, 6.07) is 7.08. The summed E-state index contributed by atoms with van der Waals surface area (Å²) in [5.41, 5.74) is 1.63. The summed E-state index contributed by atoms with van der Waals surface area (Å²) < 4.78 is 41.2. The molecule has 0 unspecified atom stereocenters. The number of aromatic nitrogens is 3. The van der Waals surface area contributed by atoms with E-state index in [0.29, 0.717) is 12.4 Å². The third-order valence-electron chi connectivity index (χ3n) is 5.74. The molecule has 11 heteroatoms. The molecule has 2 aliphatic rings. The summed E-state index contributed by atoms with van der Waals surface area (Å²) in [6.45, 7) is 12.3. The van der Waals surface area contributed by atoms with Crippen LogP contribution in [0.3, 0.4) is 0 Å². The second-order valence-corrected chi connectivity index (χ2v) is 12.7. The van der Waals surface area contributed by atoms with Crippen LogP contribution in [0.5, 0.6) is 0 Å². The number of carbonyl (C=O) groups is 2. The first-order chi connectivity index (χ1) is 18.2. The first-order valence-corrected chi connectivity index (χ1v) is 14.4. The molecule has 0 aliphatic carbocycles. The smallest absolute Gasteiger partial charge is 0.324 e. The minimum atomic E-state index is -4.27. The number of carbonyl (C=O) groups excluding carboxylic acids is 2. The molecule has 39 heavy (non-hydrogen) atoms. The molecule has 0 amide bonds. The normalized spacial score (nSPS) is 13.2. The number of nitrogens with zero attached hydrogens (tertiary/aromatic N) is 4. The largest absolute Gasteiger partial charge is 0.465 e. The van der Waals surface area contributed by atoms with E-state index in [1.807, 2.05) is 43.8 Å². The molecule has 1 aromatic rings. The van der Waals surface area contributed by atoms with Gasteiger partial charge in [0.1, 0.15) is 29.7 Å². The number of hydrogen-bond donors (Lipinski definition) is 0. The van der Waals surface area contributed by atoms with Crippen molar-refractivity contribution in [2.45, 2.75) is 78.0 Å². The molecule has 0 aromatic heterocycles. The van der Waals surface area contributed by atoms with E-state index in [1.165, 1.54) is 12.1 Å². The van der Waals surface area contributed by atoms with Crippen LogP contribution in [0.25, 0.3) is 11.4 Å². The highest BCUT2D eigenvalue weighted by Gasteiger charge is 2.39. The highest BCUT2D eigenvalue weighted by atomic mass is 32.2. The number of esters is 2. The number of sulfonamides is 1. The average molecular weight is 559 g/mol. The molecule has 0 fully saturated rings. The topological polar surface area (TPSA) is 121 Å². The summed E-state index contributed by atoms with van der Waals surface area (Å²) in [6.07, 6.45) is 3.96. The quantitative estimate of drug-likeness (QED) is 0.323. The second kappa shape index (κ2) is 12.3. The summed E-state index contributed by atoms with van der Waals surface area (Å²) in [5.74, 6) is -0.791. The van der Waals surface area contributed by atoms with Gasteiger partial charge in [-0.15, -0.1) is 0 Å². The second-order valence-electron chi connectivity index (χ2n) is 10.8. The van der Waals surface area contributed by atoms with Crippen LogP contribution in [0.4, 0.5) is 0 Å². The zero-order valence-corrected chi connectivity index (χ0v) is 24.5. The summed E-state index contributed by atoms with van der Waals surface area (Å²) in [7, 11) is -4.27. The Bertz CT molecular complexity index is 1360. The van der Waals surface area contributed by atoms with E-state index in [0.717, 1.165) is 21.3 Å². The molecule has 0 saturated heterocycles. The van der Waals surface area contributed by atoms with Crippen molar-refractivity contribution in [3.8, 4) is 11.4 Å². The van der Waals surface area contributed by atoms with Gasteiger partial charge in [0.15, 0.2) is 0 Å². The Morgan fingerprint density at radius 1 is 1.05 bits per heavy atom. The fourth-order valence-electron chi connectivity index (χ4n) is 4.16. The van der Waals surface area contributed by atoms with Crippen LogP contribution in [0.15, 0.2) is 47.6 Å². The van der Waals surface area contributed by atoms with E-state index in [1.54, 1.807) is 39.8 Å². The third kappa shape index (κ3) is 8.09. The predicted octanol–water partition coefficient (Wildman–Crippen LogP) is 4.05. The number of ether oxygens (including phenoxy) is 2. The van der Waals surface area contributed by atoms with Crippen LogP contribution in [0.1, 0.15) is 59.4 Å². The average Bonchev–Trinajstić information content (AvgIpc) is 3.19. The molecule has 0 saturated carbocycles. The molecular formula is C28H38N4O6S. The van der Waals surface area contributed by atoms with Gasteiger partial charge < -0.3 is 14.0 Å². The van der Waals surface area contributed by atoms with Gasteiger partial charge in [-0.2, -0.15) is 4.31 Å². The van der Waals surface area contributed by atoms with Gasteiger partial charge in [0.25, 0.3) is 0 Å². The van der Waals surface area contributed by atoms with Crippen LogP contribution in [-0.4, -0.2) is 64.0 Å². The van der Waals surface area contributed by atoms with Crippen molar-refractivity contribution in [3.05, 3.63) is 54.1 Å². The molecule has 2 heterocycles. The minimum Gasteiger partial charge on any atom is -0.465 e. The summed E-state index contributed by atoms with van der Waals surface area (Å²) >= 11 is 0. The van der Waals surface area contributed by atoms with Gasteiger partial charge in [0.05, 0.1) is 17.2 Å². The van der Waals surface area contributed by atoms with Crippen molar-refractivity contribution in [3.63, 3.8) is 0 Å². The maximum atomic E-state index is 13.9. The van der Waals surface area contributed by atoms with Crippen LogP contribution in [0, 0.1) is 12.8 Å². The number of imidazole rings is 1. The molecular weight excluding hydrogens is 520 g/mol. The third-order valence-corrected chi connectivity index (χ3v) is 7.61. The van der Waals surface area contributed by atoms with E-state index in [9.17, 15) is 18.0 Å². The van der Waals surface area contributed by atoms with Gasteiger partial charge >= 0.3 is 11.9 Å². The number of rotatable bonds is 11. The predicted molar refractivity (Wildman–Crippen MR) is 147 cm³/mol. The highest BCUT2D eigenvalue weighted by molar-refractivity contribution is 7.89.